The van der Waals surface area contributed by atoms with Gasteiger partial charge in [0.15, 0.2) is 0 Å². The summed E-state index contributed by atoms with van der Waals surface area (Å²) in [7, 11) is 0. The molecule has 0 saturated heterocycles. The Labute approximate surface area is 166 Å². The van der Waals surface area contributed by atoms with Crippen LogP contribution in [-0.4, -0.2) is 18.5 Å². The maximum absolute atomic E-state index is 5.82. The molecule has 1 unspecified atom stereocenters. The third-order valence-electron chi connectivity index (χ3n) is 6.64. The lowest BCUT2D eigenvalue weighted by Gasteiger charge is -2.29. The predicted molar refractivity (Wildman–Crippen MR) is 116 cm³/mol. The molecular weight excluding hydrogens is 330 g/mol. The van der Waals surface area contributed by atoms with Gasteiger partial charge in [-0.1, -0.05) is 71.4 Å². The quantitative estimate of drug-likeness (QED) is 0.424. The van der Waals surface area contributed by atoms with Gasteiger partial charge in [-0.15, -0.1) is 0 Å². The fourth-order valence-electron chi connectivity index (χ4n) is 4.61. The molecule has 0 amide bonds. The van der Waals surface area contributed by atoms with Gasteiger partial charge in [-0.25, -0.2) is 4.99 Å². The summed E-state index contributed by atoms with van der Waals surface area (Å²) in [5.74, 6) is 3.12. The highest BCUT2D eigenvalue weighted by molar-refractivity contribution is 5.95. The lowest BCUT2D eigenvalue weighted by atomic mass is 9.77. The third-order valence-corrected chi connectivity index (χ3v) is 6.64. The van der Waals surface area contributed by atoms with Gasteiger partial charge in [0.05, 0.1) is 6.04 Å². The van der Waals surface area contributed by atoms with E-state index < -0.39 is 0 Å². The molecule has 1 saturated carbocycles. The van der Waals surface area contributed by atoms with Gasteiger partial charge in [0, 0.05) is 5.56 Å². The van der Waals surface area contributed by atoms with E-state index in [9.17, 15) is 0 Å². The Hall–Kier alpha value is -1.31. The molecule has 1 fully saturated rings. The first-order valence-electron chi connectivity index (χ1n) is 11.5. The summed E-state index contributed by atoms with van der Waals surface area (Å²) in [6.07, 6.45) is 14.1. The summed E-state index contributed by atoms with van der Waals surface area (Å²) in [6, 6.07) is 9.39. The van der Waals surface area contributed by atoms with Crippen LogP contribution in [0.2, 0.25) is 0 Å². The van der Waals surface area contributed by atoms with E-state index in [2.05, 4.69) is 45.0 Å². The van der Waals surface area contributed by atoms with Crippen LogP contribution in [0, 0.1) is 11.8 Å². The van der Waals surface area contributed by atoms with Crippen molar-refractivity contribution in [2.75, 3.05) is 6.61 Å². The first kappa shape index (κ1) is 20.4. The molecule has 0 bridgehead atoms. The Morgan fingerprint density at radius 3 is 2.30 bits per heavy atom. The van der Waals surface area contributed by atoms with Crippen molar-refractivity contribution in [2.24, 2.45) is 16.8 Å². The molecule has 150 valence electrons. The maximum atomic E-state index is 5.82. The highest BCUT2D eigenvalue weighted by atomic mass is 16.5. The van der Waals surface area contributed by atoms with Gasteiger partial charge < -0.3 is 4.74 Å². The molecule has 1 atom stereocenters. The van der Waals surface area contributed by atoms with Crippen LogP contribution < -0.4 is 0 Å². The second-order valence-electron chi connectivity index (χ2n) is 9.10. The first-order valence-corrected chi connectivity index (χ1v) is 11.5. The van der Waals surface area contributed by atoms with E-state index in [0.717, 1.165) is 29.9 Å². The van der Waals surface area contributed by atoms with Crippen LogP contribution in [0.1, 0.15) is 102 Å². The second kappa shape index (κ2) is 10.3. The molecule has 0 radical (unpaired) electrons. The molecule has 1 heterocycles. The number of unbranched alkanes of at least 4 members (excludes halogenated alkanes) is 4. The van der Waals surface area contributed by atoms with Crippen molar-refractivity contribution < 1.29 is 4.74 Å². The Morgan fingerprint density at radius 2 is 1.67 bits per heavy atom. The van der Waals surface area contributed by atoms with Gasteiger partial charge >= 0.3 is 0 Å². The van der Waals surface area contributed by atoms with E-state index in [0.29, 0.717) is 12.0 Å². The Balaban J connectivity index is 1.44. The minimum absolute atomic E-state index is 0.317. The van der Waals surface area contributed by atoms with Crippen LogP contribution >= 0.6 is 0 Å². The zero-order valence-electron chi connectivity index (χ0n) is 17.8. The molecule has 2 aliphatic rings. The van der Waals surface area contributed by atoms with E-state index >= 15 is 0 Å². The number of hydrogen-bond donors (Lipinski definition) is 0. The fraction of sp³-hybridized carbons (Fsp3) is 0.720. The molecule has 3 rings (SSSR count). The Morgan fingerprint density at radius 1 is 0.963 bits per heavy atom. The minimum atomic E-state index is 0.317. The first-order chi connectivity index (χ1) is 13.2. The smallest absolute Gasteiger partial charge is 0.216 e. The van der Waals surface area contributed by atoms with Crippen LogP contribution in [0.3, 0.4) is 0 Å². The number of ether oxygens (including phenoxy) is 1. The molecule has 1 aliphatic heterocycles. The molecule has 0 N–H and O–H groups in total. The van der Waals surface area contributed by atoms with Crippen LogP contribution in [0.4, 0.5) is 0 Å². The van der Waals surface area contributed by atoms with Gasteiger partial charge in [-0.05, 0) is 61.1 Å². The third kappa shape index (κ3) is 5.83. The van der Waals surface area contributed by atoms with Crippen LogP contribution in [0.15, 0.2) is 29.3 Å². The zero-order valence-corrected chi connectivity index (χ0v) is 17.8. The standard InChI is InChI=1S/C25H39NO/c1-4-5-6-7-8-9-20-10-12-21(13-11-20)22-14-16-23(17-15-22)25-26-24(18-27-25)19(2)3/h14-17,19-21,24H,4-13,18H2,1-3H3. The largest absolute Gasteiger partial charge is 0.475 e. The molecule has 2 heteroatoms. The van der Waals surface area contributed by atoms with E-state index in [-0.39, 0.29) is 0 Å². The van der Waals surface area contributed by atoms with E-state index in [1.54, 1.807) is 0 Å². The van der Waals surface area contributed by atoms with Crippen LogP contribution in [-0.2, 0) is 4.74 Å². The lowest BCUT2D eigenvalue weighted by Crippen LogP contribution is -2.13. The van der Waals surface area contributed by atoms with Crippen molar-refractivity contribution in [3.8, 4) is 0 Å². The SMILES string of the molecule is CCCCCCCC1CCC(c2ccc(C3=NC(C(C)C)CO3)cc2)CC1. The van der Waals surface area contributed by atoms with Crippen LogP contribution in [0.5, 0.6) is 0 Å². The maximum Gasteiger partial charge on any atom is 0.216 e. The van der Waals surface area contributed by atoms with Gasteiger partial charge in [0.2, 0.25) is 5.90 Å². The van der Waals surface area contributed by atoms with E-state index in [1.807, 2.05) is 0 Å². The van der Waals surface area contributed by atoms with Gasteiger partial charge in [-0.2, -0.15) is 0 Å². The predicted octanol–water partition coefficient (Wildman–Crippen LogP) is 7.12. The number of hydrogen-bond acceptors (Lipinski definition) is 2. The molecule has 0 aromatic heterocycles. The van der Waals surface area contributed by atoms with Gasteiger partial charge in [-0.3, -0.25) is 0 Å². The number of benzene rings is 1. The van der Waals surface area contributed by atoms with Crippen LogP contribution in [0.25, 0.3) is 0 Å². The number of rotatable bonds is 9. The summed E-state index contributed by atoms with van der Waals surface area (Å²) in [4.78, 5) is 4.75. The zero-order chi connectivity index (χ0) is 19.1. The normalized spacial score (nSPS) is 25.5. The molecular formula is C25H39NO. The summed E-state index contributed by atoms with van der Waals surface area (Å²) < 4.78 is 5.82. The van der Waals surface area contributed by atoms with Crippen molar-refractivity contribution in [1.82, 2.24) is 0 Å². The monoisotopic (exact) mass is 369 g/mol. The van der Waals surface area contributed by atoms with E-state index in [1.165, 1.54) is 69.8 Å². The average molecular weight is 370 g/mol. The summed E-state index contributed by atoms with van der Waals surface area (Å²) >= 11 is 0. The summed E-state index contributed by atoms with van der Waals surface area (Å²) in [5.41, 5.74) is 2.65. The number of nitrogens with zero attached hydrogens (tertiary/aromatic N) is 1. The minimum Gasteiger partial charge on any atom is -0.475 e. The second-order valence-corrected chi connectivity index (χ2v) is 9.10. The number of aliphatic imine (C=N–C) groups is 1. The summed E-state index contributed by atoms with van der Waals surface area (Å²) in [6.45, 7) is 7.46. The molecule has 0 spiro atoms. The highest BCUT2D eigenvalue weighted by Crippen LogP contribution is 2.38. The van der Waals surface area contributed by atoms with Gasteiger partial charge in [0.1, 0.15) is 6.61 Å². The van der Waals surface area contributed by atoms with Crippen molar-refractivity contribution >= 4 is 5.90 Å². The Kier molecular flexibility index (Phi) is 7.79. The fourth-order valence-corrected chi connectivity index (χ4v) is 4.61. The summed E-state index contributed by atoms with van der Waals surface area (Å²) in [5, 5.41) is 0. The molecule has 2 nitrogen and oxygen atoms in total. The van der Waals surface area contributed by atoms with Crippen molar-refractivity contribution in [1.29, 1.82) is 0 Å². The highest BCUT2D eigenvalue weighted by Gasteiger charge is 2.24. The van der Waals surface area contributed by atoms with Crippen molar-refractivity contribution in [3.63, 3.8) is 0 Å². The molecule has 1 aromatic carbocycles. The van der Waals surface area contributed by atoms with Gasteiger partial charge in [0.25, 0.3) is 0 Å². The van der Waals surface area contributed by atoms with Crippen molar-refractivity contribution in [3.05, 3.63) is 35.4 Å². The molecule has 1 aliphatic carbocycles. The average Bonchev–Trinajstić information content (AvgIpc) is 3.19. The molecule has 27 heavy (non-hydrogen) atoms. The van der Waals surface area contributed by atoms with E-state index in [4.69, 9.17) is 9.73 Å². The van der Waals surface area contributed by atoms with Crippen molar-refractivity contribution in [2.45, 2.75) is 96.9 Å². The lowest BCUT2D eigenvalue weighted by molar-refractivity contribution is 0.292. The topological polar surface area (TPSA) is 21.6 Å². The molecule has 1 aromatic rings. The Bertz CT molecular complexity index is 581.